The summed E-state index contributed by atoms with van der Waals surface area (Å²) in [6.07, 6.45) is 0. The molecule has 0 saturated heterocycles. The first kappa shape index (κ1) is 5.64. The molecule has 1 aromatic rings. The minimum Gasteiger partial charge on any atom is -0.0837 e. The fourth-order valence-corrected chi connectivity index (χ4v) is 0.680. The quantitative estimate of drug-likeness (QED) is 0.498. The van der Waals surface area contributed by atoms with E-state index in [1.807, 2.05) is 12.1 Å². The van der Waals surface area contributed by atoms with Crippen molar-refractivity contribution in [1.29, 1.82) is 0 Å². The maximum atomic E-state index is 5.55. The zero-order valence-corrected chi connectivity index (χ0v) is 5.07. The van der Waals surface area contributed by atoms with Crippen molar-refractivity contribution in [2.24, 2.45) is 0 Å². The number of benzene rings is 1. The molecule has 2 radical (unpaired) electrons. The van der Waals surface area contributed by atoms with Gasteiger partial charge in [-0.2, -0.15) is 0 Å². The molecule has 0 nitrogen and oxygen atoms in total. The molecule has 0 aliphatic carbocycles. The number of halogens is 1. The molecule has 0 atom stereocenters. The normalized spacial score (nSPS) is 9.25. The average molecular weight is 125 g/mol. The Morgan fingerprint density at radius 2 is 2.25 bits per heavy atom. The van der Waals surface area contributed by atoms with E-state index < -0.39 is 0 Å². The van der Waals surface area contributed by atoms with Gasteiger partial charge in [-0.3, -0.25) is 0 Å². The van der Waals surface area contributed by atoms with Gasteiger partial charge in [-0.25, -0.2) is 0 Å². The zero-order valence-electron chi connectivity index (χ0n) is 4.32. The summed E-state index contributed by atoms with van der Waals surface area (Å²) < 4.78 is 0. The minimum atomic E-state index is 0.623. The highest BCUT2D eigenvalue weighted by Gasteiger charge is 1.84. The van der Waals surface area contributed by atoms with Crippen molar-refractivity contribution in [2.75, 3.05) is 0 Å². The van der Waals surface area contributed by atoms with Gasteiger partial charge in [0.15, 0.2) is 0 Å². The summed E-state index contributed by atoms with van der Waals surface area (Å²) in [5.41, 5.74) is 0.831. The fourth-order valence-electron chi connectivity index (χ4n) is 0.485. The third-order valence-electron chi connectivity index (χ3n) is 0.820. The third-order valence-corrected chi connectivity index (χ3v) is 1.04. The van der Waals surface area contributed by atoms with Gasteiger partial charge in [0, 0.05) is 11.1 Å². The molecule has 0 heterocycles. The molecule has 8 heavy (non-hydrogen) atoms. The van der Waals surface area contributed by atoms with Crippen LogP contribution in [0.3, 0.4) is 0 Å². The van der Waals surface area contributed by atoms with E-state index in [1.54, 1.807) is 6.07 Å². The predicted octanol–water partition coefficient (Wildman–Crippen LogP) is 2.32. The van der Waals surface area contributed by atoms with Crippen molar-refractivity contribution in [3.8, 4) is 0 Å². The monoisotopic (exact) mass is 124 g/mol. The largest absolute Gasteiger partial charge is 0.0837 e. The molecule has 0 amide bonds. The van der Waals surface area contributed by atoms with Gasteiger partial charge in [0.2, 0.25) is 0 Å². The van der Waals surface area contributed by atoms with Crippen molar-refractivity contribution < 1.29 is 0 Å². The van der Waals surface area contributed by atoms with Gasteiger partial charge in [-0.15, -0.1) is 0 Å². The summed E-state index contributed by atoms with van der Waals surface area (Å²) in [6, 6.07) is 8.30. The Bertz CT molecular complexity index is 164. The van der Waals surface area contributed by atoms with Crippen molar-refractivity contribution >= 4 is 11.6 Å². The van der Waals surface area contributed by atoms with E-state index in [-0.39, 0.29) is 0 Å². The first-order valence-corrected chi connectivity index (χ1v) is 2.66. The van der Waals surface area contributed by atoms with E-state index in [9.17, 15) is 0 Å². The number of rotatable bonds is 0. The maximum absolute atomic E-state index is 5.55. The van der Waals surface area contributed by atoms with Crippen molar-refractivity contribution in [3.63, 3.8) is 0 Å². The van der Waals surface area contributed by atoms with Crippen molar-refractivity contribution in [2.45, 2.75) is 0 Å². The summed E-state index contributed by atoms with van der Waals surface area (Å²) >= 11 is 5.55. The summed E-state index contributed by atoms with van der Waals surface area (Å²) in [6.45, 7) is 3.64. The average Bonchev–Trinajstić information content (AvgIpc) is 1.64. The highest BCUT2D eigenvalue weighted by Crippen LogP contribution is 2.07. The van der Waals surface area contributed by atoms with Gasteiger partial charge in [0.1, 0.15) is 0 Å². The van der Waals surface area contributed by atoms with Crippen molar-refractivity contribution in [1.82, 2.24) is 0 Å². The van der Waals surface area contributed by atoms with Crippen LogP contribution in [0.4, 0.5) is 0 Å². The first-order valence-electron chi connectivity index (χ1n) is 2.29. The van der Waals surface area contributed by atoms with E-state index in [0.29, 0.717) is 5.02 Å². The first-order chi connectivity index (χ1) is 3.79. The highest BCUT2D eigenvalue weighted by atomic mass is 35.5. The number of hydrogen-bond donors (Lipinski definition) is 0. The second-order valence-corrected chi connectivity index (χ2v) is 1.93. The van der Waals surface area contributed by atoms with Crippen LogP contribution in [-0.4, -0.2) is 0 Å². The van der Waals surface area contributed by atoms with Crippen LogP contribution in [0.5, 0.6) is 0 Å². The van der Waals surface area contributed by atoms with Gasteiger partial charge < -0.3 is 0 Å². The predicted molar refractivity (Wildman–Crippen MR) is 34.7 cm³/mol. The van der Waals surface area contributed by atoms with E-state index in [4.69, 9.17) is 11.6 Å². The molecule has 1 rings (SSSR count). The van der Waals surface area contributed by atoms with Gasteiger partial charge in [0.05, 0.1) is 0 Å². The lowest BCUT2D eigenvalue weighted by Gasteiger charge is -1.87. The van der Waals surface area contributed by atoms with Gasteiger partial charge in [-0.05, 0) is 18.6 Å². The topological polar surface area (TPSA) is 0 Å². The summed E-state index contributed by atoms with van der Waals surface area (Å²) in [7, 11) is 0. The van der Waals surface area contributed by atoms with Crippen molar-refractivity contribution in [3.05, 3.63) is 41.8 Å². The van der Waals surface area contributed by atoms with E-state index >= 15 is 0 Å². The second-order valence-electron chi connectivity index (χ2n) is 1.52. The molecule has 0 aliphatic rings. The molecule has 0 aromatic heterocycles. The van der Waals surface area contributed by atoms with Gasteiger partial charge in [-0.1, -0.05) is 23.7 Å². The van der Waals surface area contributed by atoms with Crippen LogP contribution in [0, 0.1) is 13.0 Å². The number of hydrogen-bond acceptors (Lipinski definition) is 0. The Kier molecular flexibility index (Phi) is 1.54. The minimum absolute atomic E-state index is 0.623. The Hall–Kier alpha value is -0.490. The lowest BCUT2D eigenvalue weighted by Crippen LogP contribution is -1.68. The molecule has 0 spiro atoms. The van der Waals surface area contributed by atoms with Gasteiger partial charge >= 0.3 is 0 Å². The van der Waals surface area contributed by atoms with Crippen LogP contribution >= 0.6 is 11.6 Å². The smallest absolute Gasteiger partial charge is 0.0487 e. The summed E-state index contributed by atoms with van der Waals surface area (Å²) in [5, 5.41) is 0.623. The lowest BCUT2D eigenvalue weighted by molar-refractivity contribution is 1.60. The third kappa shape index (κ3) is 1.24. The Balaban J connectivity index is 3.08. The van der Waals surface area contributed by atoms with Crippen LogP contribution < -0.4 is 0 Å². The Morgan fingerprint density at radius 3 is 2.62 bits per heavy atom. The van der Waals surface area contributed by atoms with Crippen LogP contribution in [-0.2, 0) is 0 Å². The SMILES string of the molecule is [CH2]c1[c]c(Cl)ccc1. The fraction of sp³-hybridized carbons (Fsp3) is 0. The molecule has 0 fully saturated rings. The van der Waals surface area contributed by atoms with E-state index in [0.717, 1.165) is 5.56 Å². The standard InChI is InChI=1S/C7H5Cl/c1-6-3-2-4-7(8)5-6/h2-4H,1H2. The zero-order chi connectivity index (χ0) is 5.98. The molecule has 0 bridgehead atoms. The van der Waals surface area contributed by atoms with Crippen LogP contribution in [0.2, 0.25) is 5.02 Å². The molecule has 0 unspecified atom stereocenters. The molecule has 1 heteroatoms. The molecule has 0 aliphatic heterocycles. The molecule has 0 saturated carbocycles. The van der Waals surface area contributed by atoms with Crippen LogP contribution in [0.1, 0.15) is 5.56 Å². The lowest BCUT2D eigenvalue weighted by atomic mass is 10.2. The van der Waals surface area contributed by atoms with E-state index in [2.05, 4.69) is 13.0 Å². The van der Waals surface area contributed by atoms with E-state index in [1.165, 1.54) is 0 Å². The molecule has 1 aromatic carbocycles. The summed E-state index contributed by atoms with van der Waals surface area (Å²) in [5.74, 6) is 0. The summed E-state index contributed by atoms with van der Waals surface area (Å²) in [4.78, 5) is 0. The second kappa shape index (κ2) is 2.19. The van der Waals surface area contributed by atoms with Crippen LogP contribution in [0.15, 0.2) is 18.2 Å². The Morgan fingerprint density at radius 1 is 1.50 bits per heavy atom. The molecular weight excluding hydrogens is 120 g/mol. The highest BCUT2D eigenvalue weighted by molar-refractivity contribution is 6.30. The molecular formula is C7H5Cl. The van der Waals surface area contributed by atoms with Gasteiger partial charge in [0.25, 0.3) is 0 Å². The molecule has 0 N–H and O–H groups in total. The van der Waals surface area contributed by atoms with Crippen LogP contribution in [0.25, 0.3) is 0 Å². The maximum Gasteiger partial charge on any atom is 0.0487 e. The Labute approximate surface area is 54.1 Å². The molecule has 40 valence electrons.